The molecule has 12 heteroatoms. The largest absolute Gasteiger partial charge is 0.507 e. The molecule has 0 radical (unpaired) electrons. The Balaban J connectivity index is 0.747. The third-order valence-electron chi connectivity index (χ3n) is 23.1. The van der Waals surface area contributed by atoms with Crippen molar-refractivity contribution >= 4 is 0 Å². The molecule has 8 heterocycles. The van der Waals surface area contributed by atoms with Crippen molar-refractivity contribution in [2.45, 2.75) is 166 Å². The van der Waals surface area contributed by atoms with Gasteiger partial charge in [0.2, 0.25) is 25.3 Å². The van der Waals surface area contributed by atoms with Crippen LogP contribution in [0.1, 0.15) is 157 Å². The minimum absolute atomic E-state index is 0.285. The average molecular weight is 1120 g/mol. The summed E-state index contributed by atoms with van der Waals surface area (Å²) in [6.45, 7) is 9.61. The van der Waals surface area contributed by atoms with E-state index in [1.165, 1.54) is 44.5 Å². The van der Waals surface area contributed by atoms with Crippen LogP contribution >= 0.6 is 0 Å². The van der Waals surface area contributed by atoms with Gasteiger partial charge in [-0.1, -0.05) is 74.2 Å². The van der Waals surface area contributed by atoms with Gasteiger partial charge in [0, 0.05) is 33.1 Å². The highest BCUT2D eigenvalue weighted by molar-refractivity contribution is 5.55. The van der Waals surface area contributed by atoms with Crippen LogP contribution in [0.5, 0.6) is 11.5 Å². The van der Waals surface area contributed by atoms with E-state index in [2.05, 4.69) is 198 Å². The topological polar surface area (TPSA) is 116 Å². The second-order valence-corrected chi connectivity index (χ2v) is 27.4. The number of hydrogen-bond donors (Lipinski definition) is 4. The van der Waals surface area contributed by atoms with Crippen LogP contribution in [0, 0.1) is 59.2 Å². The van der Waals surface area contributed by atoms with Gasteiger partial charge in [0.1, 0.15) is 125 Å². The summed E-state index contributed by atoms with van der Waals surface area (Å²) < 4.78 is 17.8. The number of benzene rings is 4. The SMILES string of the molecule is C#C[C@]1(O)CC[C@H]2[C@@H]3CCc4c(cc5c(O)c4Cn4cc[n+](c4)Cc4ccc(cc4)C[n+]4ccn(c4)Cc4c(O)c(cc6c4CC[C@@H]4[C@@H]6CC[C@@]6(C)[C@H]4CC[C@@]6(O)C#C)Cn4cc[n+](c4)Cc4ccc(cc4)C[n+]4ccn(c4)C5)[C@H]3CC[C@@]21C. The van der Waals surface area contributed by atoms with Crippen LogP contribution in [0.25, 0.3) is 0 Å². The lowest BCUT2D eigenvalue weighted by Crippen LogP contribution is -2.50. The molecule has 4 saturated carbocycles. The fourth-order valence-electron chi connectivity index (χ4n) is 18.4. The van der Waals surface area contributed by atoms with Crippen molar-refractivity contribution in [3.8, 4) is 36.2 Å². The fraction of sp³-hybridized carbons (Fsp3) is 0.444. The first-order chi connectivity index (χ1) is 40.7. The number of rotatable bonds is 0. The Hall–Kier alpha value is -7.64. The van der Waals surface area contributed by atoms with Crippen LogP contribution in [0.15, 0.2) is 136 Å². The highest BCUT2D eigenvalue weighted by Gasteiger charge is 2.63. The Labute approximate surface area is 493 Å². The van der Waals surface area contributed by atoms with Gasteiger partial charge >= 0.3 is 0 Å². The van der Waals surface area contributed by atoms with Crippen LogP contribution in [0.2, 0.25) is 0 Å². The number of aliphatic hydroxyl groups is 2. The number of aromatic nitrogens is 8. The minimum Gasteiger partial charge on any atom is -0.507 e. The smallest absolute Gasteiger partial charge is 0.244 e. The molecule has 12 nitrogen and oxygen atoms in total. The van der Waals surface area contributed by atoms with Gasteiger partial charge in [-0.3, -0.25) is 0 Å². The van der Waals surface area contributed by atoms with Crippen LogP contribution in [-0.4, -0.2) is 49.9 Å². The highest BCUT2D eigenvalue weighted by atomic mass is 16.3. The van der Waals surface area contributed by atoms with Crippen molar-refractivity contribution in [1.82, 2.24) is 18.3 Å². The molecule has 84 heavy (non-hydrogen) atoms. The number of imidazole rings is 4. The molecule has 16 bridgehead atoms. The number of fused-ring (bicyclic) bond motifs is 10. The molecule has 8 aromatic rings. The molecule has 428 valence electrons. The second-order valence-electron chi connectivity index (χ2n) is 27.4. The first kappa shape index (κ1) is 53.1. The van der Waals surface area contributed by atoms with Gasteiger partial charge in [-0.05, 0) is 169 Å². The van der Waals surface area contributed by atoms with Crippen molar-refractivity contribution in [1.29, 1.82) is 0 Å². The minimum atomic E-state index is -1.06. The predicted molar refractivity (Wildman–Crippen MR) is 317 cm³/mol. The molecule has 0 spiro atoms. The summed E-state index contributed by atoms with van der Waals surface area (Å²) in [6.07, 6.45) is 48.7. The zero-order chi connectivity index (χ0) is 57.3. The van der Waals surface area contributed by atoms with E-state index in [1.807, 2.05) is 0 Å². The fourth-order valence-corrected chi connectivity index (χ4v) is 18.4. The van der Waals surface area contributed by atoms with Crippen LogP contribution in [0.4, 0.5) is 0 Å². The van der Waals surface area contributed by atoms with Gasteiger partial charge in [0.05, 0.1) is 0 Å². The summed E-state index contributed by atoms with van der Waals surface area (Å²) in [4.78, 5) is 0. The summed E-state index contributed by atoms with van der Waals surface area (Å²) in [5.41, 5.74) is 11.4. The maximum Gasteiger partial charge on any atom is 0.244 e. The molecule has 10 atom stereocenters. The molecule has 4 aromatic carbocycles. The number of phenols is 2. The van der Waals surface area contributed by atoms with Crippen LogP contribution in [-0.2, 0) is 65.2 Å². The maximum atomic E-state index is 12.5. The third kappa shape index (κ3) is 8.71. The standard InChI is InChI=1S/C72H78N8O4/c1-5-71(83)25-21-65-59-17-15-55-61(57(59)19-23-69(65,71)3)35-53-41-77-31-27-73(45-77)37-49-7-9-50(10-8-49)38-74-28-32-78(46-74)42-54-36-62-56(16-18-60-58(62)20-24-70(4)66(60)22-26-72(70,84)6-2)64(68(54)82)44-80-34-30-76(48-80)40-52-13-11-51(12-14-52)39-75-29-33-79(47-75)43-63(55)67(53)81/h1-2,7-14,27-36,45-48,57-60,65-66,83-84H,15-26,37-44H2,3-4H3/q+2/p+2/t57-,58-,59+,60+,65-,66-,69-,70-,71-,72-/m0/s1. The van der Waals surface area contributed by atoms with Crippen LogP contribution in [0.3, 0.4) is 0 Å². The molecule has 0 unspecified atom stereocenters. The maximum absolute atomic E-state index is 12.5. The summed E-state index contributed by atoms with van der Waals surface area (Å²) in [6, 6.07) is 22.5. The zero-order valence-corrected chi connectivity index (χ0v) is 48.8. The highest BCUT2D eigenvalue weighted by Crippen LogP contribution is 2.66. The van der Waals surface area contributed by atoms with E-state index in [-0.39, 0.29) is 10.8 Å². The Morgan fingerprint density at radius 1 is 0.452 bits per heavy atom. The molecule has 10 aliphatic rings. The molecule has 4 fully saturated rings. The third-order valence-corrected chi connectivity index (χ3v) is 23.1. The van der Waals surface area contributed by atoms with Crippen molar-refractivity contribution in [3.63, 3.8) is 0 Å². The van der Waals surface area contributed by atoms with Crippen molar-refractivity contribution < 1.29 is 38.7 Å². The zero-order valence-electron chi connectivity index (χ0n) is 48.8. The molecule has 6 aliphatic carbocycles. The Bertz CT molecular complexity index is 3710. The Kier molecular flexibility index (Phi) is 12.6. The number of phenolic OH excluding ortho intramolecular Hbond substituents is 2. The molecule has 18 rings (SSSR count). The van der Waals surface area contributed by atoms with Crippen LogP contribution < -0.4 is 18.3 Å². The molecule has 4 aromatic heterocycles. The van der Waals surface area contributed by atoms with E-state index in [4.69, 9.17) is 12.8 Å². The lowest BCUT2D eigenvalue weighted by atomic mass is 9.53. The van der Waals surface area contributed by atoms with Gasteiger partial charge in [0.15, 0.2) is 0 Å². The predicted octanol–water partition coefficient (Wildman–Crippen LogP) is 8.59. The van der Waals surface area contributed by atoms with Gasteiger partial charge in [-0.25, -0.2) is 36.5 Å². The average Bonchev–Trinajstić information content (AvgIpc) is 2.28. The number of terminal acetylenes is 2. The van der Waals surface area contributed by atoms with E-state index in [0.717, 1.165) is 113 Å². The summed E-state index contributed by atoms with van der Waals surface area (Å²) in [5, 5.41) is 48.5. The quantitative estimate of drug-likeness (QED) is 0.0900. The lowest BCUT2D eigenvalue weighted by Gasteiger charge is -2.52. The summed E-state index contributed by atoms with van der Waals surface area (Å²) in [5.74, 6) is 8.81. The summed E-state index contributed by atoms with van der Waals surface area (Å²) in [7, 11) is 0. The van der Waals surface area contributed by atoms with E-state index >= 15 is 0 Å². The van der Waals surface area contributed by atoms with E-state index in [1.54, 1.807) is 0 Å². The van der Waals surface area contributed by atoms with E-state index in [9.17, 15) is 20.4 Å². The van der Waals surface area contributed by atoms with E-state index in [0.29, 0.717) is 86.0 Å². The Morgan fingerprint density at radius 3 is 1.12 bits per heavy atom. The number of hydrogen-bond acceptors (Lipinski definition) is 4. The first-order valence-corrected chi connectivity index (χ1v) is 31.2. The van der Waals surface area contributed by atoms with E-state index < -0.39 is 11.2 Å². The number of nitrogens with zero attached hydrogens (tertiary/aromatic N) is 8. The number of aromatic hydroxyl groups is 2. The lowest BCUT2D eigenvalue weighted by molar-refractivity contribution is -0.688. The van der Waals surface area contributed by atoms with Crippen molar-refractivity contribution in [2.24, 2.45) is 34.5 Å². The normalized spacial score (nSPS) is 29.7. The summed E-state index contributed by atoms with van der Waals surface area (Å²) >= 11 is 0. The Morgan fingerprint density at radius 2 is 0.786 bits per heavy atom. The van der Waals surface area contributed by atoms with Crippen molar-refractivity contribution in [2.75, 3.05) is 0 Å². The first-order valence-electron chi connectivity index (χ1n) is 31.2. The molecular weight excluding hydrogens is 1040 g/mol. The molecule has 4 N–H and O–H groups in total. The van der Waals surface area contributed by atoms with Gasteiger partial charge in [-0.2, -0.15) is 0 Å². The van der Waals surface area contributed by atoms with Gasteiger partial charge in [-0.15, -0.1) is 12.8 Å². The molecular formula is C72H80N8O4+4. The van der Waals surface area contributed by atoms with Crippen molar-refractivity contribution in [3.05, 3.63) is 202 Å². The van der Waals surface area contributed by atoms with Gasteiger partial charge in [0.25, 0.3) is 0 Å². The molecule has 4 aliphatic heterocycles. The van der Waals surface area contributed by atoms with Gasteiger partial charge < -0.3 is 20.4 Å². The second kappa shape index (κ2) is 20.0. The molecule has 0 saturated heterocycles. The monoisotopic (exact) mass is 1120 g/mol. The molecule has 0 amide bonds.